The molecule has 0 bridgehead atoms. The Morgan fingerprint density at radius 2 is 1.50 bits per heavy atom. The highest BCUT2D eigenvalue weighted by Crippen LogP contribution is 2.55. The van der Waals surface area contributed by atoms with Gasteiger partial charge in [0.1, 0.15) is 5.76 Å². The van der Waals surface area contributed by atoms with Crippen LogP contribution in [0.15, 0.2) is 87.1 Å². The molecule has 2 unspecified atom stereocenters. The summed E-state index contributed by atoms with van der Waals surface area (Å²) in [6.07, 6.45) is 6.73. The van der Waals surface area contributed by atoms with Gasteiger partial charge in [0.25, 0.3) is 0 Å². The minimum Gasteiger partial charge on any atom is -0.506 e. The molecule has 170 valence electrons. The molecule has 7 rings (SSSR count). The highest BCUT2D eigenvalue weighted by Gasteiger charge is 2.50. The normalized spacial score (nSPS) is 31.6. The standard InChI is InChI=1S/C31H29NO2/c1-30-15-7-10-19(23(30)17-18-9-3-4-12-21(18)30)25-27(33)26(28(25)34)20-11-8-16-31(2)22-13-5-6-14-24(22)32-29(20)31/h3-6,9,12-14,33H,7-8,10-11,15-17H2,1-2H3/b26-20+. The number of para-hydroxylation sites is 1. The number of ketones is 1. The van der Waals surface area contributed by atoms with Crippen LogP contribution < -0.4 is 0 Å². The fourth-order valence-electron chi connectivity index (χ4n) is 7.54. The van der Waals surface area contributed by atoms with E-state index in [9.17, 15) is 9.90 Å². The average Bonchev–Trinajstić information content (AvgIpc) is 3.32. The SMILES string of the molecule is CC12CCCC(C3=C(O)/C(=C4/CCCC5(C)C4=Nc4ccccc45)C3=O)=C1Cc1ccccc12. The molecule has 2 aromatic carbocycles. The number of fused-ring (bicyclic) bond motifs is 6. The monoisotopic (exact) mass is 447 g/mol. The van der Waals surface area contributed by atoms with Gasteiger partial charge in [-0.15, -0.1) is 0 Å². The number of aliphatic hydroxyl groups excluding tert-OH is 1. The molecule has 1 fully saturated rings. The predicted molar refractivity (Wildman–Crippen MR) is 135 cm³/mol. The van der Waals surface area contributed by atoms with E-state index in [0.717, 1.165) is 67.5 Å². The van der Waals surface area contributed by atoms with E-state index in [2.05, 4.69) is 56.3 Å². The number of hydrogen-bond donors (Lipinski definition) is 1. The van der Waals surface area contributed by atoms with Crippen molar-refractivity contribution in [3.63, 3.8) is 0 Å². The van der Waals surface area contributed by atoms with Gasteiger partial charge >= 0.3 is 0 Å². The maximum atomic E-state index is 13.7. The minimum absolute atomic E-state index is 0.0260. The van der Waals surface area contributed by atoms with E-state index in [1.807, 2.05) is 6.07 Å². The van der Waals surface area contributed by atoms with Gasteiger partial charge in [0.2, 0.25) is 5.78 Å². The van der Waals surface area contributed by atoms with Crippen molar-refractivity contribution >= 4 is 17.2 Å². The van der Waals surface area contributed by atoms with Crippen LogP contribution in [0.1, 0.15) is 69.1 Å². The lowest BCUT2D eigenvalue weighted by Crippen LogP contribution is -2.38. The zero-order valence-corrected chi connectivity index (χ0v) is 19.9. The molecule has 0 radical (unpaired) electrons. The van der Waals surface area contributed by atoms with Crippen LogP contribution in [0.25, 0.3) is 0 Å². The summed E-state index contributed by atoms with van der Waals surface area (Å²) in [7, 11) is 0. The quantitative estimate of drug-likeness (QED) is 0.483. The van der Waals surface area contributed by atoms with Crippen LogP contribution in [0.4, 0.5) is 5.69 Å². The highest BCUT2D eigenvalue weighted by molar-refractivity contribution is 6.27. The number of Topliss-reactive ketones (excluding diaryl/α,β-unsaturated/α-hetero) is 1. The Bertz CT molecular complexity index is 1430. The second kappa shape index (κ2) is 6.69. The van der Waals surface area contributed by atoms with Gasteiger partial charge in [-0.05, 0) is 85.8 Å². The maximum absolute atomic E-state index is 13.7. The lowest BCUT2D eigenvalue weighted by atomic mass is 9.64. The molecule has 4 aliphatic carbocycles. The lowest BCUT2D eigenvalue weighted by Gasteiger charge is -2.39. The van der Waals surface area contributed by atoms with Crippen molar-refractivity contribution < 1.29 is 9.90 Å². The second-order valence-corrected chi connectivity index (χ2v) is 11.0. The highest BCUT2D eigenvalue weighted by atomic mass is 16.3. The Hall–Kier alpha value is -3.20. The molecule has 1 heterocycles. The summed E-state index contributed by atoms with van der Waals surface area (Å²) in [5.74, 6) is 0.240. The third-order valence-corrected chi connectivity index (χ3v) is 9.29. The number of allylic oxidation sites excluding steroid dienone is 5. The Morgan fingerprint density at radius 1 is 0.824 bits per heavy atom. The number of nitrogens with zero attached hydrogens (tertiary/aromatic N) is 1. The summed E-state index contributed by atoms with van der Waals surface area (Å²) in [5.41, 5.74) is 10.3. The first-order valence-electron chi connectivity index (χ1n) is 12.7. The molecule has 0 aromatic heterocycles. The van der Waals surface area contributed by atoms with Gasteiger partial charge in [-0.2, -0.15) is 0 Å². The van der Waals surface area contributed by atoms with Crippen LogP contribution in [-0.4, -0.2) is 16.6 Å². The number of rotatable bonds is 1. The summed E-state index contributed by atoms with van der Waals surface area (Å²) in [6.45, 7) is 4.57. The van der Waals surface area contributed by atoms with E-state index in [1.165, 1.54) is 22.3 Å². The van der Waals surface area contributed by atoms with Crippen LogP contribution in [-0.2, 0) is 22.0 Å². The number of carbonyl (C=O) groups excluding carboxylic acids is 1. The molecule has 5 aliphatic rings. The largest absolute Gasteiger partial charge is 0.506 e. The van der Waals surface area contributed by atoms with Gasteiger partial charge in [-0.3, -0.25) is 9.79 Å². The zero-order chi connectivity index (χ0) is 23.2. The first kappa shape index (κ1) is 20.2. The van der Waals surface area contributed by atoms with Crippen molar-refractivity contribution in [1.29, 1.82) is 0 Å². The number of carbonyl (C=O) groups is 1. The summed E-state index contributed by atoms with van der Waals surface area (Å²) in [6, 6.07) is 17.0. The Kier molecular flexibility index (Phi) is 3.97. The van der Waals surface area contributed by atoms with E-state index in [4.69, 9.17) is 4.99 Å². The van der Waals surface area contributed by atoms with Crippen LogP contribution in [0.5, 0.6) is 0 Å². The van der Waals surface area contributed by atoms with Gasteiger partial charge in [0.15, 0.2) is 0 Å². The van der Waals surface area contributed by atoms with E-state index >= 15 is 0 Å². The molecular weight excluding hydrogens is 418 g/mol. The van der Waals surface area contributed by atoms with Gasteiger partial charge < -0.3 is 5.11 Å². The smallest absolute Gasteiger partial charge is 0.201 e. The number of aliphatic imine (C=N–C) groups is 1. The molecule has 3 heteroatoms. The van der Waals surface area contributed by atoms with Gasteiger partial charge in [-0.1, -0.05) is 55.0 Å². The molecule has 3 nitrogen and oxygen atoms in total. The van der Waals surface area contributed by atoms with Crippen molar-refractivity contribution in [3.05, 3.63) is 98.8 Å². The summed E-state index contributed by atoms with van der Waals surface area (Å²) < 4.78 is 0. The van der Waals surface area contributed by atoms with Crippen molar-refractivity contribution in [3.8, 4) is 0 Å². The summed E-state index contributed by atoms with van der Waals surface area (Å²) >= 11 is 0. The molecule has 0 amide bonds. The van der Waals surface area contributed by atoms with E-state index < -0.39 is 0 Å². The fraction of sp³-hybridized carbons (Fsp3) is 0.355. The molecular formula is C31H29NO2. The third kappa shape index (κ3) is 2.38. The Morgan fingerprint density at radius 3 is 2.29 bits per heavy atom. The Balaban J connectivity index is 1.36. The minimum atomic E-state index is -0.175. The van der Waals surface area contributed by atoms with Gasteiger partial charge in [0, 0.05) is 10.8 Å². The van der Waals surface area contributed by atoms with Crippen LogP contribution >= 0.6 is 0 Å². The van der Waals surface area contributed by atoms with E-state index in [1.54, 1.807) is 0 Å². The molecule has 2 atom stereocenters. The average molecular weight is 448 g/mol. The van der Waals surface area contributed by atoms with E-state index in [-0.39, 0.29) is 22.4 Å². The topological polar surface area (TPSA) is 49.7 Å². The Labute approximate surface area is 200 Å². The third-order valence-electron chi connectivity index (χ3n) is 9.29. The fourth-order valence-corrected chi connectivity index (χ4v) is 7.54. The molecule has 1 N–H and O–H groups in total. The lowest BCUT2D eigenvalue weighted by molar-refractivity contribution is -0.113. The van der Waals surface area contributed by atoms with Crippen LogP contribution in [0.3, 0.4) is 0 Å². The first-order valence-corrected chi connectivity index (χ1v) is 12.7. The molecule has 2 aromatic rings. The van der Waals surface area contributed by atoms with Crippen molar-refractivity contribution in [2.45, 2.75) is 69.6 Å². The summed E-state index contributed by atoms with van der Waals surface area (Å²) in [5, 5.41) is 11.4. The van der Waals surface area contributed by atoms with Crippen molar-refractivity contribution in [2.24, 2.45) is 4.99 Å². The molecule has 1 aliphatic heterocycles. The molecule has 0 saturated heterocycles. The number of hydrogen-bond acceptors (Lipinski definition) is 3. The van der Waals surface area contributed by atoms with E-state index in [0.29, 0.717) is 11.1 Å². The molecule has 0 spiro atoms. The van der Waals surface area contributed by atoms with Gasteiger partial charge in [0.05, 0.1) is 22.5 Å². The number of benzene rings is 2. The zero-order valence-electron chi connectivity index (χ0n) is 19.9. The summed E-state index contributed by atoms with van der Waals surface area (Å²) in [4.78, 5) is 18.7. The number of aliphatic hydroxyl groups is 1. The predicted octanol–water partition coefficient (Wildman–Crippen LogP) is 6.90. The second-order valence-electron chi connectivity index (χ2n) is 11.0. The van der Waals surface area contributed by atoms with Crippen molar-refractivity contribution in [2.75, 3.05) is 0 Å². The maximum Gasteiger partial charge on any atom is 0.201 e. The molecule has 1 saturated carbocycles. The van der Waals surface area contributed by atoms with Crippen LogP contribution in [0, 0.1) is 0 Å². The van der Waals surface area contributed by atoms with Crippen molar-refractivity contribution in [1.82, 2.24) is 0 Å². The van der Waals surface area contributed by atoms with Gasteiger partial charge in [-0.25, -0.2) is 0 Å². The molecule has 34 heavy (non-hydrogen) atoms. The van der Waals surface area contributed by atoms with Crippen LogP contribution in [0.2, 0.25) is 0 Å². The first-order chi connectivity index (χ1) is 16.4.